The van der Waals surface area contributed by atoms with Crippen LogP contribution in [0.15, 0.2) is 12.1 Å². The molecule has 3 aliphatic rings. The first kappa shape index (κ1) is 30.6. The minimum absolute atomic E-state index is 0.0970. The number of aryl methyl sites for hydroxylation is 1. The van der Waals surface area contributed by atoms with Crippen LogP contribution in [-0.4, -0.2) is 73.0 Å². The molecule has 4 heterocycles. The lowest BCUT2D eigenvalue weighted by Gasteiger charge is -2.40. The van der Waals surface area contributed by atoms with Crippen LogP contribution >= 0.6 is 0 Å². The number of piperidine rings is 1. The molecule has 0 spiro atoms. The van der Waals surface area contributed by atoms with Crippen LogP contribution in [-0.2, 0) is 6.18 Å². The molecule has 3 aliphatic heterocycles. The number of nitrogens with zero attached hydrogens (tertiary/aromatic N) is 4. The zero-order valence-electron chi connectivity index (χ0n) is 24.5. The maximum atomic E-state index is 16.4. The highest BCUT2D eigenvalue weighted by Gasteiger charge is 2.42. The molecule has 1 aromatic heterocycles. The molecule has 238 valence electrons. The van der Waals surface area contributed by atoms with Gasteiger partial charge in [-0.25, -0.2) is 17.6 Å². The van der Waals surface area contributed by atoms with E-state index in [1.807, 2.05) is 16.8 Å². The lowest BCUT2D eigenvalue weighted by Crippen LogP contribution is -2.51. The largest absolute Gasteiger partial charge is 0.463 e. The van der Waals surface area contributed by atoms with Crippen molar-refractivity contribution in [3.63, 3.8) is 0 Å². The number of piperazine rings is 1. The summed E-state index contributed by atoms with van der Waals surface area (Å²) in [5, 5.41) is 3.34. The third-order valence-corrected chi connectivity index (χ3v) is 9.06. The van der Waals surface area contributed by atoms with E-state index in [2.05, 4.69) is 15.3 Å². The van der Waals surface area contributed by atoms with Gasteiger partial charge < -0.3 is 25.6 Å². The number of fused-ring (bicyclic) bond motifs is 3. The van der Waals surface area contributed by atoms with E-state index >= 15 is 17.6 Å². The number of nitrogens with two attached hydrogens (primary N) is 1. The molecule has 3 aromatic rings. The normalized spacial score (nSPS) is 26.0. The number of hydrogen-bond donors (Lipinski definition) is 2. The molecule has 14 heteroatoms. The molecular formula is C30H33F7N6O. The Bertz CT molecular complexity index is 1610. The highest BCUT2D eigenvalue weighted by atomic mass is 19.4. The lowest BCUT2D eigenvalue weighted by molar-refractivity contribution is -0.137. The second kappa shape index (κ2) is 10.9. The van der Waals surface area contributed by atoms with Crippen LogP contribution in [0.3, 0.4) is 0 Å². The Morgan fingerprint density at radius 2 is 1.73 bits per heavy atom. The van der Waals surface area contributed by atoms with E-state index in [1.54, 1.807) is 6.92 Å². The van der Waals surface area contributed by atoms with Crippen LogP contribution in [0.4, 0.5) is 42.2 Å². The zero-order chi connectivity index (χ0) is 31.7. The molecule has 0 radical (unpaired) electrons. The molecule has 3 N–H and O–H groups in total. The number of halogens is 7. The van der Waals surface area contributed by atoms with Gasteiger partial charge in [-0.15, -0.1) is 0 Å². The second-order valence-corrected chi connectivity index (χ2v) is 12.6. The predicted octanol–water partition coefficient (Wildman–Crippen LogP) is 5.62. The van der Waals surface area contributed by atoms with Crippen molar-refractivity contribution in [3.05, 3.63) is 40.7 Å². The van der Waals surface area contributed by atoms with Crippen LogP contribution in [0.1, 0.15) is 37.3 Å². The molecule has 3 fully saturated rings. The van der Waals surface area contributed by atoms with Crippen molar-refractivity contribution in [2.75, 3.05) is 50.5 Å². The number of ether oxygens (including phenoxy) is 1. The summed E-state index contributed by atoms with van der Waals surface area (Å²) in [6.07, 6.45) is -4.29. The van der Waals surface area contributed by atoms with Gasteiger partial charge in [-0.1, -0.05) is 6.92 Å². The first-order valence-corrected chi connectivity index (χ1v) is 14.5. The molecule has 7 nitrogen and oxygen atoms in total. The average Bonchev–Trinajstić information content (AvgIpc) is 3.28. The van der Waals surface area contributed by atoms with Gasteiger partial charge in [0, 0.05) is 54.6 Å². The van der Waals surface area contributed by atoms with Gasteiger partial charge >= 0.3 is 12.2 Å². The molecule has 2 aromatic carbocycles. The molecular weight excluding hydrogens is 593 g/mol. The van der Waals surface area contributed by atoms with E-state index in [1.165, 1.54) is 0 Å². The van der Waals surface area contributed by atoms with Gasteiger partial charge in [0.2, 0.25) is 0 Å². The lowest BCUT2D eigenvalue weighted by atomic mass is 9.81. The molecule has 44 heavy (non-hydrogen) atoms. The van der Waals surface area contributed by atoms with Crippen LogP contribution in [0, 0.1) is 29.8 Å². The van der Waals surface area contributed by atoms with Gasteiger partial charge in [0.1, 0.15) is 29.9 Å². The minimum Gasteiger partial charge on any atom is -0.463 e. The standard InChI is InChI=1S/C30H33F7N6O/c1-14-8-19(38)24(33)22(23(14)30(35,36)37)21-18(31)9-17-26(25(21)34)40-28(44-13-29(2)12-42(3)7-6-20(29)32)41-27(17)43-10-15-4-5-16(11-43)39-15/h8-9,15-16,20,39H,4-7,10-13,38H2,1-3H3/t15-,16+,20-,29-/m0/s1. The number of hydrogen-bond acceptors (Lipinski definition) is 7. The number of anilines is 2. The van der Waals surface area contributed by atoms with Gasteiger partial charge in [0.15, 0.2) is 11.6 Å². The fourth-order valence-electron chi connectivity index (χ4n) is 6.93. The first-order valence-electron chi connectivity index (χ1n) is 14.5. The summed E-state index contributed by atoms with van der Waals surface area (Å²) >= 11 is 0. The monoisotopic (exact) mass is 626 g/mol. The number of aromatic nitrogens is 2. The minimum atomic E-state index is -5.15. The molecule has 3 saturated heterocycles. The van der Waals surface area contributed by atoms with E-state index in [4.69, 9.17) is 10.5 Å². The summed E-state index contributed by atoms with van der Waals surface area (Å²) in [6.45, 7) is 4.40. The average molecular weight is 627 g/mol. The van der Waals surface area contributed by atoms with Crippen LogP contribution in [0.2, 0.25) is 0 Å². The highest BCUT2D eigenvalue weighted by Crippen LogP contribution is 2.46. The van der Waals surface area contributed by atoms with Crippen molar-refractivity contribution < 1.29 is 35.5 Å². The molecule has 2 bridgehead atoms. The summed E-state index contributed by atoms with van der Waals surface area (Å²) in [5.74, 6) is -4.43. The van der Waals surface area contributed by atoms with Crippen molar-refractivity contribution >= 4 is 22.4 Å². The van der Waals surface area contributed by atoms with E-state index in [0.29, 0.717) is 26.2 Å². The van der Waals surface area contributed by atoms with Gasteiger partial charge in [-0.05, 0) is 50.9 Å². The van der Waals surface area contributed by atoms with Crippen molar-refractivity contribution in [1.82, 2.24) is 20.2 Å². The zero-order valence-corrected chi connectivity index (χ0v) is 24.5. The van der Waals surface area contributed by atoms with Crippen LogP contribution in [0.5, 0.6) is 6.01 Å². The van der Waals surface area contributed by atoms with Crippen molar-refractivity contribution in [2.24, 2.45) is 5.41 Å². The van der Waals surface area contributed by atoms with Crippen molar-refractivity contribution in [1.29, 1.82) is 0 Å². The quantitative estimate of drug-likeness (QED) is 0.281. The van der Waals surface area contributed by atoms with E-state index < -0.39 is 68.7 Å². The summed E-state index contributed by atoms with van der Waals surface area (Å²) in [7, 11) is 1.85. The fourth-order valence-corrected chi connectivity index (χ4v) is 6.93. The van der Waals surface area contributed by atoms with E-state index in [0.717, 1.165) is 31.9 Å². The molecule has 4 atom stereocenters. The maximum absolute atomic E-state index is 16.4. The van der Waals surface area contributed by atoms with E-state index in [-0.39, 0.29) is 42.3 Å². The number of benzene rings is 2. The number of nitrogen functional groups attached to an aromatic ring is 1. The Hall–Kier alpha value is -3.39. The van der Waals surface area contributed by atoms with Crippen molar-refractivity contribution in [2.45, 2.75) is 57.5 Å². The Morgan fingerprint density at radius 1 is 1.05 bits per heavy atom. The fraction of sp³-hybridized carbons (Fsp3) is 0.533. The summed E-state index contributed by atoms with van der Waals surface area (Å²) in [4.78, 5) is 12.4. The maximum Gasteiger partial charge on any atom is 0.417 e. The second-order valence-electron chi connectivity index (χ2n) is 12.6. The smallest absolute Gasteiger partial charge is 0.417 e. The summed E-state index contributed by atoms with van der Waals surface area (Å²) in [6, 6.07) is 1.44. The van der Waals surface area contributed by atoms with Crippen LogP contribution < -0.4 is 20.7 Å². The topological polar surface area (TPSA) is 79.5 Å². The van der Waals surface area contributed by atoms with E-state index in [9.17, 15) is 13.2 Å². The number of likely N-dealkylation sites (tertiary alicyclic amines) is 1. The summed E-state index contributed by atoms with van der Waals surface area (Å²) in [5.41, 5.74) is -1.21. The summed E-state index contributed by atoms with van der Waals surface area (Å²) < 4.78 is 111. The number of nitrogens with one attached hydrogen (secondary N) is 1. The third kappa shape index (κ3) is 5.29. The predicted molar refractivity (Wildman–Crippen MR) is 152 cm³/mol. The van der Waals surface area contributed by atoms with Gasteiger partial charge in [-0.3, -0.25) is 0 Å². The Labute approximate surface area is 249 Å². The third-order valence-electron chi connectivity index (χ3n) is 9.06. The van der Waals surface area contributed by atoms with Crippen molar-refractivity contribution in [3.8, 4) is 17.1 Å². The Morgan fingerprint density at radius 3 is 2.39 bits per heavy atom. The first-order chi connectivity index (χ1) is 20.7. The highest BCUT2D eigenvalue weighted by molar-refractivity contribution is 5.94. The van der Waals surface area contributed by atoms with Gasteiger partial charge in [0.05, 0.1) is 16.8 Å². The molecule has 0 amide bonds. The molecule has 0 saturated carbocycles. The molecule has 6 rings (SSSR count). The Balaban J connectivity index is 1.53. The Kier molecular flexibility index (Phi) is 7.59. The van der Waals surface area contributed by atoms with Crippen LogP contribution in [0.25, 0.3) is 22.0 Å². The molecule has 0 aliphatic carbocycles. The number of rotatable bonds is 5. The van der Waals surface area contributed by atoms with Gasteiger partial charge in [0.25, 0.3) is 0 Å². The molecule has 0 unspecified atom stereocenters. The number of alkyl halides is 4. The van der Waals surface area contributed by atoms with Gasteiger partial charge in [-0.2, -0.15) is 23.1 Å². The SMILES string of the molecule is Cc1cc(N)c(F)c(-c2c(F)cc3c(N4C[C@H]5CC[C@@H](C4)N5)nc(OC[C@]4(C)CN(C)CC[C@@H]4F)nc3c2F)c1C(F)(F)F.